The number of fused-ring (bicyclic) bond motifs is 1. The summed E-state index contributed by atoms with van der Waals surface area (Å²) in [6.07, 6.45) is 0. The van der Waals surface area contributed by atoms with Crippen LogP contribution in [0, 0.1) is 5.82 Å². The highest BCUT2D eigenvalue weighted by atomic mass is 19.1. The first-order chi connectivity index (χ1) is 8.76. The molecule has 4 nitrogen and oxygen atoms in total. The molecule has 1 aromatic carbocycles. The van der Waals surface area contributed by atoms with E-state index in [-0.39, 0.29) is 12.4 Å². The number of nitrogens with zero attached hydrogens (tertiary/aromatic N) is 2. The van der Waals surface area contributed by atoms with Gasteiger partial charge < -0.3 is 10.1 Å². The van der Waals surface area contributed by atoms with Gasteiger partial charge in [0.1, 0.15) is 17.2 Å². The van der Waals surface area contributed by atoms with Gasteiger partial charge in [-0.25, -0.2) is 14.4 Å². The minimum atomic E-state index is -0.282. The minimum Gasteiger partial charge on any atom is -0.390 e. The summed E-state index contributed by atoms with van der Waals surface area (Å²) in [5.41, 5.74) is 2.70. The van der Waals surface area contributed by atoms with Crippen LogP contribution in [0.5, 0.6) is 0 Å². The zero-order valence-corrected chi connectivity index (χ0v) is 9.39. The van der Waals surface area contributed by atoms with Crippen molar-refractivity contribution in [2.24, 2.45) is 0 Å². The van der Waals surface area contributed by atoms with Crippen molar-refractivity contribution in [2.75, 3.05) is 0 Å². The molecule has 0 radical (unpaired) electrons. The highest BCUT2D eigenvalue weighted by Crippen LogP contribution is 2.19. The van der Waals surface area contributed by atoms with E-state index in [0.29, 0.717) is 22.7 Å². The van der Waals surface area contributed by atoms with Gasteiger partial charge in [-0.15, -0.1) is 0 Å². The zero-order chi connectivity index (χ0) is 12.5. The maximum atomic E-state index is 12.8. The molecule has 3 rings (SSSR count). The molecule has 0 aliphatic heterocycles. The van der Waals surface area contributed by atoms with Gasteiger partial charge in [0.15, 0.2) is 5.65 Å². The molecule has 0 bridgehead atoms. The van der Waals surface area contributed by atoms with Crippen molar-refractivity contribution < 1.29 is 9.50 Å². The zero-order valence-electron chi connectivity index (χ0n) is 9.39. The fraction of sp³-hybridized carbons (Fsp3) is 0.0769. The summed E-state index contributed by atoms with van der Waals surface area (Å²) in [6.45, 7) is -0.110. The van der Waals surface area contributed by atoms with Crippen molar-refractivity contribution in [1.29, 1.82) is 0 Å². The standard InChI is InChI=1S/C13H10FN3O/c14-9-3-1-8(2-4-9)12-16-11-6-5-10(7-18)15-13(11)17-12/h1-6,18H,7H2,(H,15,16,17). The van der Waals surface area contributed by atoms with Crippen molar-refractivity contribution in [3.63, 3.8) is 0 Å². The summed E-state index contributed by atoms with van der Waals surface area (Å²) in [4.78, 5) is 11.6. The average molecular weight is 243 g/mol. The summed E-state index contributed by atoms with van der Waals surface area (Å²) in [6, 6.07) is 9.58. The van der Waals surface area contributed by atoms with Gasteiger partial charge in [0.2, 0.25) is 0 Å². The van der Waals surface area contributed by atoms with E-state index in [4.69, 9.17) is 5.11 Å². The number of nitrogens with one attached hydrogen (secondary N) is 1. The number of rotatable bonds is 2. The number of benzene rings is 1. The lowest BCUT2D eigenvalue weighted by Gasteiger charge is -1.94. The van der Waals surface area contributed by atoms with Crippen LogP contribution in [0.4, 0.5) is 4.39 Å². The van der Waals surface area contributed by atoms with E-state index in [1.54, 1.807) is 24.3 Å². The molecule has 0 atom stereocenters. The molecule has 0 saturated heterocycles. The third-order valence-corrected chi connectivity index (χ3v) is 2.68. The van der Waals surface area contributed by atoms with Crippen LogP contribution in [0.25, 0.3) is 22.6 Å². The Morgan fingerprint density at radius 2 is 1.83 bits per heavy atom. The average Bonchev–Trinajstić information content (AvgIpc) is 2.82. The number of halogens is 1. The van der Waals surface area contributed by atoms with Crippen molar-refractivity contribution in [3.8, 4) is 11.4 Å². The van der Waals surface area contributed by atoms with Gasteiger partial charge in [0.05, 0.1) is 12.3 Å². The number of aromatic amines is 1. The molecule has 0 spiro atoms. The van der Waals surface area contributed by atoms with Crippen molar-refractivity contribution in [1.82, 2.24) is 15.0 Å². The molecule has 5 heteroatoms. The Morgan fingerprint density at radius 1 is 1.06 bits per heavy atom. The highest BCUT2D eigenvalue weighted by molar-refractivity contribution is 5.75. The summed E-state index contributed by atoms with van der Waals surface area (Å²) in [7, 11) is 0. The smallest absolute Gasteiger partial charge is 0.157 e. The van der Waals surface area contributed by atoms with E-state index in [1.807, 2.05) is 0 Å². The van der Waals surface area contributed by atoms with Crippen molar-refractivity contribution in [3.05, 3.63) is 47.9 Å². The van der Waals surface area contributed by atoms with Crippen LogP contribution in [-0.2, 0) is 6.61 Å². The third kappa shape index (κ3) is 1.84. The maximum absolute atomic E-state index is 12.8. The quantitative estimate of drug-likeness (QED) is 0.725. The maximum Gasteiger partial charge on any atom is 0.157 e. The van der Waals surface area contributed by atoms with Crippen LogP contribution < -0.4 is 0 Å². The number of H-pyrrole nitrogens is 1. The third-order valence-electron chi connectivity index (χ3n) is 2.68. The van der Waals surface area contributed by atoms with Crippen LogP contribution in [0.2, 0.25) is 0 Å². The summed E-state index contributed by atoms with van der Waals surface area (Å²) >= 11 is 0. The summed E-state index contributed by atoms with van der Waals surface area (Å²) < 4.78 is 12.8. The Labute approximate surface area is 102 Å². The largest absolute Gasteiger partial charge is 0.390 e. The Hall–Kier alpha value is -2.27. The second kappa shape index (κ2) is 4.19. The number of aromatic nitrogens is 3. The number of aliphatic hydroxyl groups is 1. The molecule has 18 heavy (non-hydrogen) atoms. The molecule has 0 aliphatic rings. The van der Waals surface area contributed by atoms with E-state index in [9.17, 15) is 4.39 Å². The molecular weight excluding hydrogens is 233 g/mol. The van der Waals surface area contributed by atoms with Crippen LogP contribution in [0.3, 0.4) is 0 Å². The first kappa shape index (κ1) is 10.9. The highest BCUT2D eigenvalue weighted by Gasteiger charge is 2.06. The Kier molecular flexibility index (Phi) is 2.53. The fourth-order valence-corrected chi connectivity index (χ4v) is 1.77. The number of imidazole rings is 1. The van der Waals surface area contributed by atoms with Gasteiger partial charge in [0, 0.05) is 5.56 Å². The first-order valence-electron chi connectivity index (χ1n) is 5.49. The molecule has 0 amide bonds. The van der Waals surface area contributed by atoms with Crippen LogP contribution in [-0.4, -0.2) is 20.1 Å². The number of aliphatic hydroxyl groups excluding tert-OH is 1. The monoisotopic (exact) mass is 243 g/mol. The molecular formula is C13H10FN3O. The van der Waals surface area contributed by atoms with Gasteiger partial charge in [-0.05, 0) is 36.4 Å². The summed E-state index contributed by atoms with van der Waals surface area (Å²) in [5, 5.41) is 9.01. The lowest BCUT2D eigenvalue weighted by Crippen LogP contribution is -1.88. The van der Waals surface area contributed by atoms with E-state index in [0.717, 1.165) is 5.56 Å². The second-order valence-electron chi connectivity index (χ2n) is 3.92. The Balaban J connectivity index is 2.10. The van der Waals surface area contributed by atoms with Crippen molar-refractivity contribution in [2.45, 2.75) is 6.61 Å². The number of hydrogen-bond donors (Lipinski definition) is 2. The molecule has 2 N–H and O–H groups in total. The van der Waals surface area contributed by atoms with E-state index < -0.39 is 0 Å². The fourth-order valence-electron chi connectivity index (χ4n) is 1.77. The molecule has 2 aromatic heterocycles. The first-order valence-corrected chi connectivity index (χ1v) is 5.49. The van der Waals surface area contributed by atoms with E-state index >= 15 is 0 Å². The van der Waals surface area contributed by atoms with Gasteiger partial charge >= 0.3 is 0 Å². The van der Waals surface area contributed by atoms with E-state index in [1.165, 1.54) is 12.1 Å². The predicted octanol–water partition coefficient (Wildman–Crippen LogP) is 2.26. The number of pyridine rings is 1. The SMILES string of the molecule is OCc1ccc2nc(-c3ccc(F)cc3)[nH]c2n1. The predicted molar refractivity (Wildman–Crippen MR) is 65.2 cm³/mol. The van der Waals surface area contributed by atoms with Gasteiger partial charge in [-0.3, -0.25) is 0 Å². The van der Waals surface area contributed by atoms with Crippen LogP contribution in [0.15, 0.2) is 36.4 Å². The minimum absolute atomic E-state index is 0.110. The summed E-state index contributed by atoms with van der Waals surface area (Å²) in [5.74, 6) is 0.350. The van der Waals surface area contributed by atoms with Crippen LogP contribution >= 0.6 is 0 Å². The van der Waals surface area contributed by atoms with Crippen LogP contribution in [0.1, 0.15) is 5.69 Å². The Bertz CT molecular complexity index is 691. The molecule has 0 unspecified atom stereocenters. The van der Waals surface area contributed by atoms with E-state index in [2.05, 4.69) is 15.0 Å². The lowest BCUT2D eigenvalue weighted by atomic mass is 10.2. The van der Waals surface area contributed by atoms with Crippen molar-refractivity contribution >= 4 is 11.2 Å². The Morgan fingerprint density at radius 3 is 2.56 bits per heavy atom. The molecule has 0 fully saturated rings. The molecule has 2 heterocycles. The van der Waals surface area contributed by atoms with Gasteiger partial charge in [-0.2, -0.15) is 0 Å². The topological polar surface area (TPSA) is 61.8 Å². The van der Waals surface area contributed by atoms with Gasteiger partial charge in [-0.1, -0.05) is 0 Å². The molecule has 3 aromatic rings. The lowest BCUT2D eigenvalue weighted by molar-refractivity contribution is 0.277. The normalized spacial score (nSPS) is 11.0. The molecule has 0 aliphatic carbocycles. The second-order valence-corrected chi connectivity index (χ2v) is 3.92. The molecule has 90 valence electrons. The van der Waals surface area contributed by atoms with Gasteiger partial charge in [0.25, 0.3) is 0 Å². The number of hydrogen-bond acceptors (Lipinski definition) is 3. The molecule has 0 saturated carbocycles.